The molecule has 1 fully saturated rings. The van der Waals surface area contributed by atoms with Crippen molar-refractivity contribution in [3.63, 3.8) is 0 Å². The first-order chi connectivity index (χ1) is 9.46. The maximum absolute atomic E-state index is 12.2. The van der Waals surface area contributed by atoms with Crippen LogP contribution in [0.3, 0.4) is 0 Å². The molecule has 0 N–H and O–H groups in total. The highest BCUT2D eigenvalue weighted by molar-refractivity contribution is 5.82. The first kappa shape index (κ1) is 14.7. The zero-order chi connectivity index (χ0) is 14.6. The summed E-state index contributed by atoms with van der Waals surface area (Å²) in [4.78, 5) is 11.4. The fraction of sp³-hybridized carbons (Fsp3) is 0.500. The number of hydrogen-bond donors (Lipinski definition) is 0. The third kappa shape index (κ3) is 4.15. The van der Waals surface area contributed by atoms with E-state index < -0.39 is 6.36 Å². The van der Waals surface area contributed by atoms with Crippen LogP contribution < -0.4 is 9.47 Å². The molecule has 0 radical (unpaired) electrons. The Balaban J connectivity index is 1.90. The van der Waals surface area contributed by atoms with Crippen molar-refractivity contribution in [1.82, 2.24) is 0 Å². The second-order valence-corrected chi connectivity index (χ2v) is 4.69. The molecule has 2 rings (SSSR count). The van der Waals surface area contributed by atoms with Crippen LogP contribution in [0.25, 0.3) is 0 Å². The molecule has 1 atom stereocenters. The zero-order valence-electron chi connectivity index (χ0n) is 10.8. The van der Waals surface area contributed by atoms with Gasteiger partial charge in [-0.3, -0.25) is 4.79 Å². The Hall–Kier alpha value is -1.72. The van der Waals surface area contributed by atoms with E-state index in [9.17, 15) is 18.0 Å². The number of carbonyl (C=O) groups excluding carboxylic acids is 1. The summed E-state index contributed by atoms with van der Waals surface area (Å²) in [7, 11) is 0. The van der Waals surface area contributed by atoms with Gasteiger partial charge >= 0.3 is 6.36 Å². The van der Waals surface area contributed by atoms with Gasteiger partial charge in [0.05, 0.1) is 6.61 Å². The molecular formula is C14H15F3O3. The molecule has 1 saturated carbocycles. The molecule has 0 spiro atoms. The second-order valence-electron chi connectivity index (χ2n) is 4.69. The van der Waals surface area contributed by atoms with Gasteiger partial charge in [0, 0.05) is 12.3 Å². The van der Waals surface area contributed by atoms with Crippen LogP contribution in [0.5, 0.6) is 11.5 Å². The molecule has 0 bridgehead atoms. The van der Waals surface area contributed by atoms with Gasteiger partial charge in [0.15, 0.2) is 11.5 Å². The summed E-state index contributed by atoms with van der Waals surface area (Å²) in [6.07, 6.45) is -1.90. The van der Waals surface area contributed by atoms with Crippen molar-refractivity contribution in [2.45, 2.75) is 32.0 Å². The normalized spacial score (nSPS) is 19.1. The van der Waals surface area contributed by atoms with E-state index in [1.165, 1.54) is 18.2 Å². The molecule has 0 heterocycles. The number of alkyl halides is 3. The SMILES string of the molecule is O=C1CCCC1CCOc1ccccc1OC(F)(F)F. The third-order valence-electron chi connectivity index (χ3n) is 3.23. The number of ketones is 1. The highest BCUT2D eigenvalue weighted by Crippen LogP contribution is 2.32. The summed E-state index contributed by atoms with van der Waals surface area (Å²) >= 11 is 0. The molecule has 0 aromatic heterocycles. The summed E-state index contributed by atoms with van der Waals surface area (Å²) < 4.78 is 45.9. The molecule has 6 heteroatoms. The van der Waals surface area contributed by atoms with Crippen molar-refractivity contribution >= 4 is 5.78 Å². The molecule has 0 saturated heterocycles. The molecule has 1 unspecified atom stereocenters. The van der Waals surface area contributed by atoms with Crippen LogP contribution in [0.4, 0.5) is 13.2 Å². The summed E-state index contributed by atoms with van der Waals surface area (Å²) in [6, 6.07) is 5.62. The van der Waals surface area contributed by atoms with E-state index in [1.54, 1.807) is 6.07 Å². The van der Waals surface area contributed by atoms with Crippen LogP contribution in [0.15, 0.2) is 24.3 Å². The van der Waals surface area contributed by atoms with Gasteiger partial charge in [0.2, 0.25) is 0 Å². The van der Waals surface area contributed by atoms with Crippen molar-refractivity contribution < 1.29 is 27.4 Å². The Morgan fingerprint density at radius 3 is 2.50 bits per heavy atom. The van der Waals surface area contributed by atoms with Gasteiger partial charge in [0.1, 0.15) is 5.78 Å². The van der Waals surface area contributed by atoms with Crippen molar-refractivity contribution in [3.8, 4) is 11.5 Å². The third-order valence-corrected chi connectivity index (χ3v) is 3.23. The Morgan fingerprint density at radius 1 is 1.20 bits per heavy atom. The van der Waals surface area contributed by atoms with Gasteiger partial charge in [0.25, 0.3) is 0 Å². The quantitative estimate of drug-likeness (QED) is 0.828. The number of benzene rings is 1. The van der Waals surface area contributed by atoms with E-state index >= 15 is 0 Å². The second kappa shape index (κ2) is 6.15. The van der Waals surface area contributed by atoms with Crippen LogP contribution in [0.1, 0.15) is 25.7 Å². The first-order valence-electron chi connectivity index (χ1n) is 6.46. The van der Waals surface area contributed by atoms with Gasteiger partial charge in [-0.25, -0.2) is 0 Å². The molecule has 0 amide bonds. The van der Waals surface area contributed by atoms with Gasteiger partial charge in [-0.2, -0.15) is 0 Å². The van der Waals surface area contributed by atoms with Gasteiger partial charge in [-0.1, -0.05) is 12.1 Å². The number of ether oxygens (including phenoxy) is 2. The number of rotatable bonds is 5. The Kier molecular flexibility index (Phi) is 4.52. The van der Waals surface area contributed by atoms with Crippen molar-refractivity contribution in [3.05, 3.63) is 24.3 Å². The number of para-hydroxylation sites is 2. The van der Waals surface area contributed by atoms with Gasteiger partial charge in [-0.15, -0.1) is 13.2 Å². The van der Waals surface area contributed by atoms with Crippen LogP contribution in [0.2, 0.25) is 0 Å². The van der Waals surface area contributed by atoms with Crippen LogP contribution in [0, 0.1) is 5.92 Å². The highest BCUT2D eigenvalue weighted by Gasteiger charge is 2.32. The maximum atomic E-state index is 12.2. The molecule has 1 aliphatic rings. The summed E-state index contributed by atoms with van der Waals surface area (Å²) in [5.74, 6) is -0.132. The smallest absolute Gasteiger partial charge is 0.490 e. The predicted molar refractivity (Wildman–Crippen MR) is 65.6 cm³/mol. The van der Waals surface area contributed by atoms with Crippen LogP contribution in [-0.4, -0.2) is 18.8 Å². The van der Waals surface area contributed by atoms with E-state index in [-0.39, 0.29) is 29.8 Å². The van der Waals surface area contributed by atoms with Crippen LogP contribution in [-0.2, 0) is 4.79 Å². The van der Waals surface area contributed by atoms with E-state index in [2.05, 4.69) is 4.74 Å². The van der Waals surface area contributed by atoms with E-state index in [4.69, 9.17) is 4.74 Å². The minimum Gasteiger partial charge on any atom is -0.490 e. The average Bonchev–Trinajstić information content (AvgIpc) is 2.75. The largest absolute Gasteiger partial charge is 0.573 e. The van der Waals surface area contributed by atoms with Crippen molar-refractivity contribution in [2.24, 2.45) is 5.92 Å². The number of Topliss-reactive ketones (excluding diaryl/α,β-unsaturated/α-hetero) is 1. The van der Waals surface area contributed by atoms with Crippen molar-refractivity contribution in [2.75, 3.05) is 6.61 Å². The van der Waals surface area contributed by atoms with Gasteiger partial charge < -0.3 is 9.47 Å². The van der Waals surface area contributed by atoms with E-state index in [0.29, 0.717) is 12.8 Å². The topological polar surface area (TPSA) is 35.5 Å². The lowest BCUT2D eigenvalue weighted by Crippen LogP contribution is -2.18. The minimum atomic E-state index is -4.75. The molecule has 1 aromatic carbocycles. The molecule has 1 aliphatic carbocycles. The average molecular weight is 288 g/mol. The lowest BCUT2D eigenvalue weighted by atomic mass is 10.0. The van der Waals surface area contributed by atoms with E-state index in [1.807, 2.05) is 0 Å². The minimum absolute atomic E-state index is 0.0225. The Labute approximate surface area is 114 Å². The molecule has 1 aromatic rings. The fourth-order valence-electron chi connectivity index (χ4n) is 2.28. The standard InChI is InChI=1S/C14H15F3O3/c15-14(16,17)20-13-7-2-1-6-12(13)19-9-8-10-4-3-5-11(10)18/h1-2,6-7,10H,3-5,8-9H2. The van der Waals surface area contributed by atoms with Gasteiger partial charge in [-0.05, 0) is 31.4 Å². The summed E-state index contributed by atoms with van der Waals surface area (Å²) in [5, 5.41) is 0. The monoisotopic (exact) mass is 288 g/mol. The fourth-order valence-corrected chi connectivity index (χ4v) is 2.28. The number of halogens is 3. The first-order valence-corrected chi connectivity index (χ1v) is 6.46. The van der Waals surface area contributed by atoms with Crippen molar-refractivity contribution in [1.29, 1.82) is 0 Å². The summed E-state index contributed by atoms with van der Waals surface area (Å²) in [5.41, 5.74) is 0. The maximum Gasteiger partial charge on any atom is 0.573 e. The zero-order valence-corrected chi connectivity index (χ0v) is 10.8. The lowest BCUT2D eigenvalue weighted by molar-refractivity contribution is -0.275. The molecule has 110 valence electrons. The van der Waals surface area contributed by atoms with E-state index in [0.717, 1.165) is 12.8 Å². The molecule has 0 aliphatic heterocycles. The Morgan fingerprint density at radius 2 is 1.90 bits per heavy atom. The molecule has 3 nitrogen and oxygen atoms in total. The van der Waals surface area contributed by atoms with Crippen LogP contribution >= 0.6 is 0 Å². The highest BCUT2D eigenvalue weighted by atomic mass is 19.4. The summed E-state index contributed by atoms with van der Waals surface area (Å²) in [6.45, 7) is 0.203. The Bertz CT molecular complexity index is 471. The molecule has 20 heavy (non-hydrogen) atoms. The predicted octanol–water partition coefficient (Wildman–Crippen LogP) is 3.72. The number of carbonyl (C=O) groups is 1. The molecular weight excluding hydrogens is 273 g/mol. The lowest BCUT2D eigenvalue weighted by Gasteiger charge is -2.14. The number of hydrogen-bond acceptors (Lipinski definition) is 3.